The van der Waals surface area contributed by atoms with Gasteiger partial charge in [0.05, 0.1) is 22.2 Å². The molecule has 0 unspecified atom stereocenters. The third-order valence-corrected chi connectivity index (χ3v) is 4.25. The Hall–Kier alpha value is -3.79. The molecule has 0 bridgehead atoms. The summed E-state index contributed by atoms with van der Waals surface area (Å²) in [5.41, 5.74) is 2.20. The Kier molecular flexibility index (Phi) is 5.38. The number of rotatable bonds is 7. The molecule has 1 N–H and O–H groups in total. The third kappa shape index (κ3) is 4.44. The van der Waals surface area contributed by atoms with Gasteiger partial charge in [0, 0.05) is 10.9 Å². The molecule has 3 aromatic rings. The second-order valence-electron chi connectivity index (χ2n) is 5.15. The summed E-state index contributed by atoms with van der Waals surface area (Å²) in [6.45, 7) is 0. The minimum absolute atomic E-state index is 0.0270. The van der Waals surface area contributed by atoms with E-state index < -0.39 is 15.5 Å². The molecule has 0 amide bonds. The molecule has 0 atom stereocenters. The van der Waals surface area contributed by atoms with Crippen LogP contribution in [0, 0.1) is 20.2 Å². The van der Waals surface area contributed by atoms with Gasteiger partial charge < -0.3 is 4.42 Å². The Morgan fingerprint density at radius 2 is 2.00 bits per heavy atom. The maximum absolute atomic E-state index is 11.2. The Balaban J connectivity index is 1.92. The fraction of sp³-hybridized carbons (Fsp3) is 0. The number of hydrazone groups is 1. The zero-order valence-corrected chi connectivity index (χ0v) is 14.5. The van der Waals surface area contributed by atoms with Crippen molar-refractivity contribution in [2.75, 3.05) is 5.43 Å². The maximum Gasteiger partial charge on any atom is 0.301 e. The van der Waals surface area contributed by atoms with Crippen LogP contribution in [0.15, 0.2) is 69.7 Å². The number of nitro benzene ring substituents is 2. The normalized spacial score (nSPS) is 11.6. The van der Waals surface area contributed by atoms with E-state index in [1.165, 1.54) is 18.4 Å². The number of non-ortho nitro benzene ring substituents is 1. The second kappa shape index (κ2) is 8.06. The minimum atomic E-state index is -0.709. The van der Waals surface area contributed by atoms with Gasteiger partial charge in [-0.15, -0.1) is 11.3 Å². The molecule has 0 radical (unpaired) electrons. The van der Waals surface area contributed by atoms with Crippen LogP contribution < -0.4 is 5.43 Å². The van der Waals surface area contributed by atoms with Crippen LogP contribution in [0.5, 0.6) is 0 Å². The first kappa shape index (κ1) is 18.0. The first-order chi connectivity index (χ1) is 13.0. The van der Waals surface area contributed by atoms with E-state index in [4.69, 9.17) is 4.42 Å². The lowest BCUT2D eigenvalue weighted by atomic mass is 10.2. The smallest absolute Gasteiger partial charge is 0.301 e. The van der Waals surface area contributed by atoms with Crippen molar-refractivity contribution in [3.63, 3.8) is 0 Å². The number of nitrogens with zero attached hydrogens (tertiary/aromatic N) is 3. The second-order valence-corrected chi connectivity index (χ2v) is 6.13. The zero-order chi connectivity index (χ0) is 19.2. The summed E-state index contributed by atoms with van der Waals surface area (Å²) in [7, 11) is 0. The molecule has 3 rings (SSSR count). The van der Waals surface area contributed by atoms with Crippen molar-refractivity contribution >= 4 is 40.2 Å². The molecule has 0 aliphatic carbocycles. The van der Waals surface area contributed by atoms with E-state index in [9.17, 15) is 20.2 Å². The SMILES string of the molecule is O=[N+]([O-])c1ccc(NN=C(/C=C\c2cccs2)c2ccco2)c([N+](=O)[O-])c1. The molecule has 0 saturated carbocycles. The predicted molar refractivity (Wildman–Crippen MR) is 102 cm³/mol. The molecule has 2 heterocycles. The third-order valence-electron chi connectivity index (χ3n) is 3.41. The van der Waals surface area contributed by atoms with Gasteiger partial charge >= 0.3 is 5.69 Å². The van der Waals surface area contributed by atoms with Gasteiger partial charge in [0.15, 0.2) is 5.76 Å². The van der Waals surface area contributed by atoms with Crippen molar-refractivity contribution in [2.45, 2.75) is 0 Å². The number of nitro groups is 2. The Labute approximate surface area is 156 Å². The summed E-state index contributed by atoms with van der Waals surface area (Å²) in [4.78, 5) is 21.6. The van der Waals surface area contributed by atoms with Gasteiger partial charge in [0.1, 0.15) is 11.4 Å². The topological polar surface area (TPSA) is 124 Å². The van der Waals surface area contributed by atoms with Gasteiger partial charge in [0.25, 0.3) is 5.69 Å². The predicted octanol–water partition coefficient (Wildman–Crippen LogP) is 4.69. The molecule has 0 spiro atoms. The molecule has 9 nitrogen and oxygen atoms in total. The van der Waals surface area contributed by atoms with Gasteiger partial charge in [-0.1, -0.05) is 6.07 Å². The van der Waals surface area contributed by atoms with E-state index in [1.807, 2.05) is 23.6 Å². The highest BCUT2D eigenvalue weighted by Gasteiger charge is 2.19. The lowest BCUT2D eigenvalue weighted by Crippen LogP contribution is -2.02. The van der Waals surface area contributed by atoms with E-state index in [0.717, 1.165) is 10.9 Å². The van der Waals surface area contributed by atoms with Crippen molar-refractivity contribution in [1.82, 2.24) is 0 Å². The standard InChI is InChI=1S/C17H12N4O5S/c22-20(23)12-5-7-14(16(11-12)21(24)25)18-19-15(17-4-1-9-26-17)8-6-13-3-2-10-27-13/h1-11,18H/b8-6-,19-15?. The quantitative estimate of drug-likeness (QED) is 0.358. The van der Waals surface area contributed by atoms with Crippen molar-refractivity contribution in [2.24, 2.45) is 5.10 Å². The van der Waals surface area contributed by atoms with Crippen LogP contribution in [-0.4, -0.2) is 15.6 Å². The Morgan fingerprint density at radius 1 is 1.15 bits per heavy atom. The molecule has 0 saturated heterocycles. The van der Waals surface area contributed by atoms with Crippen LogP contribution in [0.1, 0.15) is 10.6 Å². The van der Waals surface area contributed by atoms with Gasteiger partial charge in [-0.25, -0.2) is 0 Å². The van der Waals surface area contributed by atoms with Crippen molar-refractivity contribution in [1.29, 1.82) is 0 Å². The highest BCUT2D eigenvalue weighted by Crippen LogP contribution is 2.29. The van der Waals surface area contributed by atoms with Gasteiger partial charge in [-0.2, -0.15) is 5.10 Å². The van der Waals surface area contributed by atoms with Gasteiger partial charge in [-0.05, 0) is 41.8 Å². The van der Waals surface area contributed by atoms with Gasteiger partial charge in [0.2, 0.25) is 0 Å². The summed E-state index contributed by atoms with van der Waals surface area (Å²) < 4.78 is 5.34. The molecule has 0 fully saturated rings. The number of benzene rings is 1. The fourth-order valence-electron chi connectivity index (χ4n) is 2.15. The fourth-order valence-corrected chi connectivity index (χ4v) is 2.76. The molecular weight excluding hydrogens is 372 g/mol. The molecule has 10 heteroatoms. The van der Waals surface area contributed by atoms with E-state index >= 15 is 0 Å². The van der Waals surface area contributed by atoms with Crippen molar-refractivity contribution < 1.29 is 14.3 Å². The van der Waals surface area contributed by atoms with Gasteiger partial charge in [-0.3, -0.25) is 25.7 Å². The number of nitrogens with one attached hydrogen (secondary N) is 1. The first-order valence-corrected chi connectivity index (χ1v) is 8.44. The molecule has 0 aliphatic heterocycles. The van der Waals surface area contributed by atoms with Crippen LogP contribution in [0.4, 0.5) is 17.1 Å². The minimum Gasteiger partial charge on any atom is -0.463 e. The summed E-state index contributed by atoms with van der Waals surface area (Å²) in [6, 6.07) is 10.5. The number of hydrogen-bond donors (Lipinski definition) is 1. The molecular formula is C17H12N4O5S. The van der Waals surface area contributed by atoms with E-state index in [1.54, 1.807) is 29.5 Å². The average molecular weight is 384 g/mol. The number of allylic oxidation sites excluding steroid dienone is 1. The first-order valence-electron chi connectivity index (χ1n) is 7.56. The number of hydrogen-bond acceptors (Lipinski definition) is 8. The molecule has 27 heavy (non-hydrogen) atoms. The highest BCUT2D eigenvalue weighted by molar-refractivity contribution is 7.10. The van der Waals surface area contributed by atoms with Crippen LogP contribution in [-0.2, 0) is 0 Å². The summed E-state index contributed by atoms with van der Waals surface area (Å²) in [6.07, 6.45) is 5.02. The monoisotopic (exact) mass is 384 g/mol. The zero-order valence-electron chi connectivity index (χ0n) is 13.6. The lowest BCUT2D eigenvalue weighted by molar-refractivity contribution is -0.393. The molecule has 136 valence electrons. The van der Waals surface area contributed by atoms with Crippen LogP contribution in [0.2, 0.25) is 0 Å². The molecule has 2 aromatic heterocycles. The number of anilines is 1. The Morgan fingerprint density at radius 3 is 2.63 bits per heavy atom. The number of furan rings is 1. The van der Waals surface area contributed by atoms with E-state index in [-0.39, 0.29) is 11.4 Å². The average Bonchev–Trinajstić information content (AvgIpc) is 3.35. The maximum atomic E-state index is 11.2. The van der Waals surface area contributed by atoms with Crippen molar-refractivity contribution in [3.8, 4) is 0 Å². The largest absolute Gasteiger partial charge is 0.463 e. The number of thiophene rings is 1. The summed E-state index contributed by atoms with van der Waals surface area (Å²) >= 11 is 1.54. The molecule has 0 aliphatic rings. The molecule has 1 aromatic carbocycles. The van der Waals surface area contributed by atoms with Crippen LogP contribution >= 0.6 is 11.3 Å². The highest BCUT2D eigenvalue weighted by atomic mass is 32.1. The van der Waals surface area contributed by atoms with E-state index in [2.05, 4.69) is 10.5 Å². The Bertz CT molecular complexity index is 1010. The summed E-state index contributed by atoms with van der Waals surface area (Å²) in [5, 5.41) is 28.1. The van der Waals surface area contributed by atoms with Crippen LogP contribution in [0.25, 0.3) is 6.08 Å². The van der Waals surface area contributed by atoms with E-state index in [0.29, 0.717) is 11.5 Å². The van der Waals surface area contributed by atoms with Crippen molar-refractivity contribution in [3.05, 3.63) is 91.0 Å². The van der Waals surface area contributed by atoms with Crippen LogP contribution in [0.3, 0.4) is 0 Å². The summed E-state index contributed by atoms with van der Waals surface area (Å²) in [5.74, 6) is 0.458. The lowest BCUT2D eigenvalue weighted by Gasteiger charge is -2.04.